The van der Waals surface area contributed by atoms with Crippen molar-refractivity contribution < 1.29 is 19.1 Å². The van der Waals surface area contributed by atoms with E-state index in [2.05, 4.69) is 5.43 Å². The van der Waals surface area contributed by atoms with Gasteiger partial charge in [-0.25, -0.2) is 0 Å². The molecule has 172 valence electrons. The van der Waals surface area contributed by atoms with Gasteiger partial charge in [0.15, 0.2) is 0 Å². The number of rotatable bonds is 4. The molecular weight excluding hydrogens is 420 g/mol. The van der Waals surface area contributed by atoms with Gasteiger partial charge in [0.1, 0.15) is 11.4 Å². The van der Waals surface area contributed by atoms with Gasteiger partial charge in [-0.2, -0.15) is 13.5 Å². The number of ether oxygens (including phenoxy) is 1. The van der Waals surface area contributed by atoms with Crippen LogP contribution in [0.4, 0.5) is 0 Å². The van der Waals surface area contributed by atoms with Crippen molar-refractivity contribution in [2.75, 3.05) is 24.5 Å². The van der Waals surface area contributed by atoms with E-state index in [1.54, 1.807) is 36.7 Å². The molecule has 11 heteroatoms. The normalized spacial score (nSPS) is 15.0. The van der Waals surface area contributed by atoms with Crippen LogP contribution in [0.1, 0.15) is 59.5 Å². The van der Waals surface area contributed by atoms with Crippen molar-refractivity contribution in [1.29, 1.82) is 0 Å². The van der Waals surface area contributed by atoms with Crippen molar-refractivity contribution in [1.82, 2.24) is 9.35 Å². The molecule has 3 amide bonds. The van der Waals surface area contributed by atoms with E-state index in [4.69, 9.17) is 22.0 Å². The second-order valence-corrected chi connectivity index (χ2v) is 7.07. The quantitative estimate of drug-likeness (QED) is 0.509. The fourth-order valence-electron chi connectivity index (χ4n) is 3.19. The number of nitrogens with one attached hydrogen (secondary N) is 1. The molecule has 2 aliphatic rings. The third kappa shape index (κ3) is 8.38. The molecule has 0 spiro atoms. The lowest BCUT2D eigenvalue weighted by Crippen LogP contribution is -2.31. The predicted octanol–water partition coefficient (Wildman–Crippen LogP) is 1.06. The molecule has 31 heavy (non-hydrogen) atoms. The first-order valence-electron chi connectivity index (χ1n) is 9.98. The summed E-state index contributed by atoms with van der Waals surface area (Å²) in [6, 6.07) is 6.47. The minimum atomic E-state index is -0.545. The van der Waals surface area contributed by atoms with Crippen LogP contribution in [0.3, 0.4) is 0 Å². The van der Waals surface area contributed by atoms with E-state index in [0.717, 1.165) is 38.9 Å². The molecule has 4 rings (SSSR count). The highest BCUT2D eigenvalue weighted by molar-refractivity contribution is 7.59. The third-order valence-corrected chi connectivity index (χ3v) is 4.82. The van der Waals surface area contributed by atoms with Crippen LogP contribution in [0.2, 0.25) is 0 Å². The first-order valence-corrected chi connectivity index (χ1v) is 9.98. The van der Waals surface area contributed by atoms with Crippen molar-refractivity contribution in [2.24, 2.45) is 17.4 Å². The number of hydrogen-bond donors (Lipinski definition) is 4. The molecule has 2 aromatic rings. The van der Waals surface area contributed by atoms with E-state index in [9.17, 15) is 14.4 Å². The third-order valence-electron chi connectivity index (χ3n) is 4.82. The Kier molecular flexibility index (Phi) is 11.3. The summed E-state index contributed by atoms with van der Waals surface area (Å²) in [7, 11) is 0. The van der Waals surface area contributed by atoms with Crippen molar-refractivity contribution in [3.05, 3.63) is 48.0 Å². The number of nitrogens with two attached hydrogens (primary N) is 3. The number of nitrogen functional groups attached to an aromatic ring is 1. The van der Waals surface area contributed by atoms with Crippen LogP contribution in [-0.4, -0.2) is 40.3 Å². The fraction of sp³-hybridized carbons (Fsp3) is 0.450. The van der Waals surface area contributed by atoms with E-state index in [1.165, 1.54) is 22.2 Å². The average Bonchev–Trinajstić information content (AvgIpc) is 3.49. The summed E-state index contributed by atoms with van der Waals surface area (Å²) in [6.45, 7) is 2.00. The lowest BCUT2D eigenvalue weighted by molar-refractivity contribution is -0.120. The first-order chi connectivity index (χ1) is 14.4. The topological polar surface area (TPSA) is 160 Å². The average molecular weight is 453 g/mol. The van der Waals surface area contributed by atoms with Crippen LogP contribution >= 0.6 is 13.5 Å². The number of amides is 3. The van der Waals surface area contributed by atoms with Crippen LogP contribution in [0.25, 0.3) is 0 Å². The van der Waals surface area contributed by atoms with Gasteiger partial charge in [0.2, 0.25) is 5.91 Å². The number of hydrogen-bond acceptors (Lipinski definition) is 5. The van der Waals surface area contributed by atoms with Gasteiger partial charge in [0.05, 0.1) is 0 Å². The molecule has 3 heterocycles. The van der Waals surface area contributed by atoms with E-state index < -0.39 is 11.8 Å². The Bertz CT molecular complexity index is 833. The molecule has 0 unspecified atom stereocenters. The van der Waals surface area contributed by atoms with Gasteiger partial charge < -0.3 is 22.0 Å². The van der Waals surface area contributed by atoms with E-state index in [1.807, 2.05) is 0 Å². The Hall–Kier alpha value is -2.92. The summed E-state index contributed by atoms with van der Waals surface area (Å²) in [5, 5.41) is 0. The van der Waals surface area contributed by atoms with Crippen LogP contribution in [-0.2, 0) is 9.53 Å². The second-order valence-electron chi connectivity index (χ2n) is 7.07. The minimum Gasteiger partial charge on any atom is -0.381 e. The first kappa shape index (κ1) is 26.1. The zero-order valence-electron chi connectivity index (χ0n) is 17.5. The molecule has 0 radical (unpaired) electrons. The Morgan fingerprint density at radius 2 is 1.45 bits per heavy atom. The monoisotopic (exact) mass is 452 g/mol. The van der Waals surface area contributed by atoms with Gasteiger partial charge in [-0.15, -0.1) is 0 Å². The van der Waals surface area contributed by atoms with Gasteiger partial charge in [-0.3, -0.25) is 29.2 Å². The summed E-state index contributed by atoms with van der Waals surface area (Å²) in [6.07, 6.45) is 9.80. The standard InChI is InChI=1S/C11H15N3O2.C5H7N3O.C4H8O.H2S/c12-10(15)9-6-3-7-14(9)13-11(16)8-4-1-2-5-8;6-5(9)4-2-1-3-8(4)7;1-2-4-5-3-1;/h3,6-8H,1-2,4-5H2,(H2,12,15)(H,13,16);1-3H,7H2,(H2,6,9);1-4H2;1H2. The molecular formula is C20H32N6O4S. The Labute approximate surface area is 188 Å². The highest BCUT2D eigenvalue weighted by Crippen LogP contribution is 2.24. The molecule has 2 fully saturated rings. The van der Waals surface area contributed by atoms with Gasteiger partial charge >= 0.3 is 0 Å². The number of aromatic nitrogens is 2. The van der Waals surface area contributed by atoms with Crippen molar-refractivity contribution in [3.63, 3.8) is 0 Å². The van der Waals surface area contributed by atoms with Crippen LogP contribution in [0, 0.1) is 5.92 Å². The number of carbonyl (C=O) groups is 3. The summed E-state index contributed by atoms with van der Waals surface area (Å²) in [5.74, 6) is 4.24. The van der Waals surface area contributed by atoms with Gasteiger partial charge in [-0.1, -0.05) is 12.8 Å². The lowest BCUT2D eigenvalue weighted by Gasteiger charge is -2.12. The smallest absolute Gasteiger partial charge is 0.267 e. The van der Waals surface area contributed by atoms with E-state index >= 15 is 0 Å². The van der Waals surface area contributed by atoms with E-state index in [0.29, 0.717) is 11.4 Å². The maximum atomic E-state index is 11.8. The summed E-state index contributed by atoms with van der Waals surface area (Å²) < 4.78 is 7.52. The molecule has 1 saturated carbocycles. The number of nitrogens with zero attached hydrogens (tertiary/aromatic N) is 2. The van der Waals surface area contributed by atoms with Gasteiger partial charge in [0, 0.05) is 31.5 Å². The largest absolute Gasteiger partial charge is 0.381 e. The van der Waals surface area contributed by atoms with E-state index in [-0.39, 0.29) is 25.3 Å². The second kappa shape index (κ2) is 13.4. The molecule has 1 aliphatic heterocycles. The highest BCUT2D eigenvalue weighted by Gasteiger charge is 2.23. The Balaban J connectivity index is 0.000000269. The molecule has 10 nitrogen and oxygen atoms in total. The maximum Gasteiger partial charge on any atom is 0.267 e. The summed E-state index contributed by atoms with van der Waals surface area (Å²) >= 11 is 0. The Morgan fingerprint density at radius 3 is 1.87 bits per heavy atom. The van der Waals surface area contributed by atoms with Gasteiger partial charge in [-0.05, 0) is 49.9 Å². The predicted molar refractivity (Wildman–Crippen MR) is 123 cm³/mol. The van der Waals surface area contributed by atoms with Crippen molar-refractivity contribution >= 4 is 31.2 Å². The molecule has 0 bridgehead atoms. The maximum absolute atomic E-state index is 11.8. The number of carbonyl (C=O) groups excluding carboxylic acids is 3. The minimum absolute atomic E-state index is 0. The summed E-state index contributed by atoms with van der Waals surface area (Å²) in [4.78, 5) is 33.2. The van der Waals surface area contributed by atoms with Gasteiger partial charge in [0.25, 0.3) is 11.8 Å². The molecule has 1 saturated heterocycles. The molecule has 0 aromatic carbocycles. The van der Waals surface area contributed by atoms with Crippen LogP contribution in [0.15, 0.2) is 36.7 Å². The number of primary amides is 2. The van der Waals surface area contributed by atoms with Crippen LogP contribution < -0.4 is 22.7 Å². The summed E-state index contributed by atoms with van der Waals surface area (Å²) in [5.41, 5.74) is 13.4. The Morgan fingerprint density at radius 1 is 0.903 bits per heavy atom. The zero-order chi connectivity index (χ0) is 21.9. The lowest BCUT2D eigenvalue weighted by atomic mass is 10.1. The SMILES string of the molecule is C1CCOC1.NC(=O)c1cccn1N.NC(=O)c1cccn1NC(=O)C1CCCC1.S. The van der Waals surface area contributed by atoms with Crippen molar-refractivity contribution in [3.8, 4) is 0 Å². The van der Waals surface area contributed by atoms with Crippen LogP contribution in [0.5, 0.6) is 0 Å². The fourth-order valence-corrected chi connectivity index (χ4v) is 3.19. The zero-order valence-corrected chi connectivity index (χ0v) is 18.5. The highest BCUT2D eigenvalue weighted by atomic mass is 32.1. The molecule has 2 aromatic heterocycles. The molecule has 1 aliphatic carbocycles. The van der Waals surface area contributed by atoms with Crippen molar-refractivity contribution in [2.45, 2.75) is 38.5 Å². The molecule has 0 atom stereocenters. The molecule has 7 N–H and O–H groups in total.